The van der Waals surface area contributed by atoms with Crippen LogP contribution in [0.1, 0.15) is 12.0 Å². The van der Waals surface area contributed by atoms with E-state index in [0.29, 0.717) is 13.1 Å². The number of aromatic nitrogens is 2. The van der Waals surface area contributed by atoms with E-state index in [1.807, 2.05) is 24.3 Å². The van der Waals surface area contributed by atoms with Crippen molar-refractivity contribution in [1.82, 2.24) is 13.9 Å². The van der Waals surface area contributed by atoms with Crippen LogP contribution in [0.5, 0.6) is 0 Å². The summed E-state index contributed by atoms with van der Waals surface area (Å²) in [6, 6.07) is 10.1. The van der Waals surface area contributed by atoms with E-state index >= 15 is 0 Å². The van der Waals surface area contributed by atoms with E-state index in [4.69, 9.17) is 0 Å². The molecule has 1 aromatic heterocycles. The zero-order chi connectivity index (χ0) is 14.9. The molecule has 0 unspecified atom stereocenters. The maximum atomic E-state index is 12.5. The molecule has 6 heteroatoms. The molecule has 5 nitrogen and oxygen atoms in total. The zero-order valence-corrected chi connectivity index (χ0v) is 12.6. The topological polar surface area (TPSA) is 55.2 Å². The molecule has 0 aliphatic carbocycles. The number of rotatable bonds is 3. The summed E-state index contributed by atoms with van der Waals surface area (Å²) in [5.74, 6) is 0. The molecule has 2 aromatic rings. The summed E-state index contributed by atoms with van der Waals surface area (Å²) in [7, 11) is -1.73. The summed E-state index contributed by atoms with van der Waals surface area (Å²) < 4.78 is 28.0. The van der Waals surface area contributed by atoms with Gasteiger partial charge in [-0.3, -0.25) is 0 Å². The molecule has 0 saturated carbocycles. The lowest BCUT2D eigenvalue weighted by molar-refractivity contribution is 0.439. The zero-order valence-electron chi connectivity index (χ0n) is 11.8. The van der Waals surface area contributed by atoms with Crippen LogP contribution in [0.25, 0.3) is 5.57 Å². The number of benzene rings is 1. The first-order chi connectivity index (χ1) is 10.1. The van der Waals surface area contributed by atoms with Gasteiger partial charge in [-0.1, -0.05) is 36.4 Å². The van der Waals surface area contributed by atoms with Gasteiger partial charge in [-0.05, 0) is 17.6 Å². The van der Waals surface area contributed by atoms with Gasteiger partial charge in [-0.15, -0.1) is 0 Å². The van der Waals surface area contributed by atoms with Crippen LogP contribution >= 0.6 is 0 Å². The van der Waals surface area contributed by atoms with Gasteiger partial charge in [0.15, 0.2) is 5.03 Å². The van der Waals surface area contributed by atoms with Crippen molar-refractivity contribution in [2.45, 2.75) is 11.4 Å². The van der Waals surface area contributed by atoms with Crippen molar-refractivity contribution in [3.63, 3.8) is 0 Å². The van der Waals surface area contributed by atoms with Gasteiger partial charge in [0.1, 0.15) is 0 Å². The van der Waals surface area contributed by atoms with Crippen molar-refractivity contribution in [1.29, 1.82) is 0 Å². The normalized spacial score (nSPS) is 16.7. The van der Waals surface area contributed by atoms with Crippen molar-refractivity contribution in [3.05, 3.63) is 54.5 Å². The third-order valence-corrected chi connectivity index (χ3v) is 5.35. The van der Waals surface area contributed by atoms with Gasteiger partial charge in [0.05, 0.1) is 6.33 Å². The highest BCUT2D eigenvalue weighted by Crippen LogP contribution is 2.25. The fraction of sp³-hybridized carbons (Fsp3) is 0.267. The van der Waals surface area contributed by atoms with E-state index in [2.05, 4.69) is 17.1 Å². The van der Waals surface area contributed by atoms with Crippen molar-refractivity contribution >= 4 is 15.6 Å². The summed E-state index contributed by atoms with van der Waals surface area (Å²) >= 11 is 0. The quantitative estimate of drug-likeness (QED) is 0.870. The monoisotopic (exact) mass is 303 g/mol. The average Bonchev–Trinajstić information content (AvgIpc) is 2.96. The molecular formula is C15H17N3O2S. The lowest BCUT2D eigenvalue weighted by atomic mass is 10.0. The predicted molar refractivity (Wildman–Crippen MR) is 81.0 cm³/mol. The Labute approximate surface area is 124 Å². The molecule has 1 aliphatic heterocycles. The number of aryl methyl sites for hydroxylation is 1. The maximum absolute atomic E-state index is 12.5. The molecule has 0 amide bonds. The first kappa shape index (κ1) is 14.0. The second-order valence-corrected chi connectivity index (χ2v) is 6.97. The highest BCUT2D eigenvalue weighted by atomic mass is 32.2. The van der Waals surface area contributed by atoms with E-state index in [-0.39, 0.29) is 5.03 Å². The average molecular weight is 303 g/mol. The highest BCUT2D eigenvalue weighted by molar-refractivity contribution is 7.89. The van der Waals surface area contributed by atoms with Crippen LogP contribution < -0.4 is 0 Å². The Kier molecular flexibility index (Phi) is 3.65. The summed E-state index contributed by atoms with van der Waals surface area (Å²) in [6.07, 6.45) is 5.74. The lowest BCUT2D eigenvalue weighted by Gasteiger charge is -2.25. The largest absolute Gasteiger partial charge is 0.339 e. The molecule has 1 aliphatic rings. The van der Waals surface area contributed by atoms with Gasteiger partial charge < -0.3 is 4.57 Å². The van der Waals surface area contributed by atoms with Gasteiger partial charge >= 0.3 is 0 Å². The molecule has 0 fully saturated rings. The Balaban J connectivity index is 1.81. The Morgan fingerprint density at radius 3 is 2.52 bits per heavy atom. The van der Waals surface area contributed by atoms with Crippen LogP contribution in [-0.4, -0.2) is 35.4 Å². The molecule has 1 aromatic carbocycles. The predicted octanol–water partition coefficient (Wildman–Crippen LogP) is 1.90. The van der Waals surface area contributed by atoms with Crippen molar-refractivity contribution < 1.29 is 8.42 Å². The summed E-state index contributed by atoms with van der Waals surface area (Å²) in [5, 5.41) is 0.113. The van der Waals surface area contributed by atoms with Gasteiger partial charge in [-0.2, -0.15) is 4.31 Å². The van der Waals surface area contributed by atoms with Gasteiger partial charge in [0, 0.05) is 26.3 Å². The Morgan fingerprint density at radius 2 is 1.95 bits per heavy atom. The van der Waals surface area contributed by atoms with Crippen LogP contribution in [0.15, 0.2) is 54.0 Å². The van der Waals surface area contributed by atoms with E-state index in [9.17, 15) is 8.42 Å². The first-order valence-electron chi connectivity index (χ1n) is 6.80. The molecule has 21 heavy (non-hydrogen) atoms. The second-order valence-electron chi connectivity index (χ2n) is 5.09. The fourth-order valence-corrected chi connectivity index (χ4v) is 3.78. The Morgan fingerprint density at radius 1 is 1.19 bits per heavy atom. The van der Waals surface area contributed by atoms with Crippen LogP contribution in [-0.2, 0) is 17.1 Å². The van der Waals surface area contributed by atoms with Gasteiger partial charge in [-0.25, -0.2) is 13.4 Å². The van der Waals surface area contributed by atoms with E-state index in [1.54, 1.807) is 11.6 Å². The van der Waals surface area contributed by atoms with Gasteiger partial charge in [0.25, 0.3) is 10.0 Å². The Hall–Kier alpha value is -1.92. The number of sulfonamides is 1. The molecule has 0 saturated heterocycles. The number of hydrogen-bond donors (Lipinski definition) is 0. The molecular weight excluding hydrogens is 286 g/mol. The molecule has 0 radical (unpaired) electrons. The van der Waals surface area contributed by atoms with Gasteiger partial charge in [0.2, 0.25) is 0 Å². The van der Waals surface area contributed by atoms with Crippen molar-refractivity contribution in [2.75, 3.05) is 13.1 Å². The number of hydrogen-bond acceptors (Lipinski definition) is 3. The molecule has 3 rings (SSSR count). The third kappa shape index (κ3) is 2.77. The van der Waals surface area contributed by atoms with E-state index < -0.39 is 10.0 Å². The maximum Gasteiger partial charge on any atom is 0.262 e. The van der Waals surface area contributed by atoms with Crippen LogP contribution in [0.2, 0.25) is 0 Å². The lowest BCUT2D eigenvalue weighted by Crippen LogP contribution is -2.34. The minimum absolute atomic E-state index is 0.113. The minimum atomic E-state index is -3.49. The number of nitrogens with zero attached hydrogens (tertiary/aromatic N) is 3. The molecule has 0 atom stereocenters. The van der Waals surface area contributed by atoms with Crippen LogP contribution in [0.3, 0.4) is 0 Å². The fourth-order valence-electron chi connectivity index (χ4n) is 2.44. The highest BCUT2D eigenvalue weighted by Gasteiger charge is 2.28. The Bertz CT molecular complexity index is 763. The third-order valence-electron chi connectivity index (χ3n) is 3.60. The van der Waals surface area contributed by atoms with Crippen molar-refractivity contribution in [3.8, 4) is 0 Å². The minimum Gasteiger partial charge on any atom is -0.339 e. The second kappa shape index (κ2) is 5.46. The smallest absolute Gasteiger partial charge is 0.262 e. The molecule has 0 N–H and O–H groups in total. The SMILES string of the molecule is Cn1cnc(S(=O)(=O)N2CC=C(c3ccccc3)CC2)c1. The molecule has 110 valence electrons. The summed E-state index contributed by atoms with van der Waals surface area (Å²) in [4.78, 5) is 3.95. The van der Waals surface area contributed by atoms with Crippen LogP contribution in [0, 0.1) is 0 Å². The van der Waals surface area contributed by atoms with E-state index in [0.717, 1.165) is 12.0 Å². The van der Waals surface area contributed by atoms with Crippen LogP contribution in [0.4, 0.5) is 0 Å². The number of imidazole rings is 1. The standard InChI is InChI=1S/C15H17N3O2S/c1-17-11-15(16-12-17)21(19,20)18-9-7-14(8-10-18)13-5-3-2-4-6-13/h2-7,11-12H,8-10H2,1H3. The summed E-state index contributed by atoms with van der Waals surface area (Å²) in [6.45, 7) is 0.878. The summed E-state index contributed by atoms with van der Waals surface area (Å²) in [5.41, 5.74) is 2.36. The van der Waals surface area contributed by atoms with Crippen molar-refractivity contribution in [2.24, 2.45) is 7.05 Å². The van der Waals surface area contributed by atoms with E-state index in [1.165, 1.54) is 22.4 Å². The molecule has 0 bridgehead atoms. The molecule has 2 heterocycles. The first-order valence-corrected chi connectivity index (χ1v) is 8.24. The molecule has 0 spiro atoms.